The minimum Gasteiger partial charge on any atom is -0.456 e. The zero-order valence-electron chi connectivity index (χ0n) is 28.9. The van der Waals surface area contributed by atoms with Crippen molar-refractivity contribution in [3.05, 3.63) is 176 Å². The highest BCUT2D eigenvalue weighted by Gasteiger charge is 2.18. The molecule has 11 rings (SSSR count). The lowest BCUT2D eigenvalue weighted by Crippen LogP contribution is -2.00. The Morgan fingerprint density at radius 2 is 0.778 bits per heavy atom. The summed E-state index contributed by atoms with van der Waals surface area (Å²) in [6, 6.07) is 60.4. The molecule has 5 nitrogen and oxygen atoms in total. The molecule has 3 aromatic heterocycles. The molecule has 0 N–H and O–H groups in total. The normalized spacial score (nSPS) is 11.7. The van der Waals surface area contributed by atoms with Crippen LogP contribution in [0.2, 0.25) is 0 Å². The molecular formula is C49H29N3O2. The van der Waals surface area contributed by atoms with E-state index >= 15 is 0 Å². The largest absolute Gasteiger partial charge is 0.456 e. The SMILES string of the molecule is c1ccc(-c2nc(-c3ccc(-c4ccc5c(c4)oc4ccccc45)cc3)nc(-c3cccc4c(-c5cccc6oc7ccccc7c56)cccc34)n2)cc1. The summed E-state index contributed by atoms with van der Waals surface area (Å²) >= 11 is 0. The number of para-hydroxylation sites is 2. The highest BCUT2D eigenvalue weighted by atomic mass is 16.3. The number of aromatic nitrogens is 3. The second-order valence-corrected chi connectivity index (χ2v) is 13.5. The molecule has 3 heterocycles. The third kappa shape index (κ3) is 4.90. The van der Waals surface area contributed by atoms with Crippen molar-refractivity contribution in [1.29, 1.82) is 0 Å². The molecule has 0 aliphatic rings. The van der Waals surface area contributed by atoms with Gasteiger partial charge in [-0.25, -0.2) is 15.0 Å². The number of benzene rings is 8. The zero-order chi connectivity index (χ0) is 35.6. The van der Waals surface area contributed by atoms with E-state index in [2.05, 4.69) is 109 Å². The van der Waals surface area contributed by atoms with Crippen molar-refractivity contribution >= 4 is 54.6 Å². The number of rotatable bonds is 5. The minimum absolute atomic E-state index is 0.612. The predicted molar refractivity (Wildman–Crippen MR) is 219 cm³/mol. The molecule has 11 aromatic rings. The highest BCUT2D eigenvalue weighted by Crippen LogP contribution is 2.41. The van der Waals surface area contributed by atoms with Gasteiger partial charge in [0.25, 0.3) is 0 Å². The first-order valence-electron chi connectivity index (χ1n) is 18.0. The fourth-order valence-electron chi connectivity index (χ4n) is 7.80. The second kappa shape index (κ2) is 12.1. The quantitative estimate of drug-likeness (QED) is 0.180. The minimum atomic E-state index is 0.612. The van der Waals surface area contributed by atoms with Gasteiger partial charge in [-0.2, -0.15) is 0 Å². The number of furan rings is 2. The zero-order valence-corrected chi connectivity index (χ0v) is 28.9. The van der Waals surface area contributed by atoms with Crippen LogP contribution in [0.3, 0.4) is 0 Å². The van der Waals surface area contributed by atoms with Gasteiger partial charge in [0.1, 0.15) is 22.3 Å². The fraction of sp³-hybridized carbons (Fsp3) is 0. The second-order valence-electron chi connectivity index (χ2n) is 13.5. The average molecular weight is 692 g/mol. The van der Waals surface area contributed by atoms with E-state index in [1.807, 2.05) is 66.7 Å². The molecule has 0 fully saturated rings. The van der Waals surface area contributed by atoms with Gasteiger partial charge in [-0.1, -0.05) is 146 Å². The molecular weight excluding hydrogens is 663 g/mol. The summed E-state index contributed by atoms with van der Waals surface area (Å²) in [6.07, 6.45) is 0. The number of hydrogen-bond donors (Lipinski definition) is 0. The molecule has 0 aliphatic carbocycles. The van der Waals surface area contributed by atoms with Crippen LogP contribution in [0.5, 0.6) is 0 Å². The summed E-state index contributed by atoms with van der Waals surface area (Å²) in [5.41, 5.74) is 10.7. The van der Waals surface area contributed by atoms with Crippen LogP contribution in [0, 0.1) is 0 Å². The lowest BCUT2D eigenvalue weighted by atomic mass is 9.93. The Bertz CT molecular complexity index is 3210. The van der Waals surface area contributed by atoms with Crippen molar-refractivity contribution in [1.82, 2.24) is 15.0 Å². The van der Waals surface area contributed by atoms with Crippen molar-refractivity contribution in [2.24, 2.45) is 0 Å². The molecule has 0 unspecified atom stereocenters. The topological polar surface area (TPSA) is 65.0 Å². The highest BCUT2D eigenvalue weighted by molar-refractivity contribution is 6.16. The standard InChI is InChI=1S/C49H29N3O2/c1-2-11-31(12-3-1)47-50-48(32-25-23-30(24-26-32)33-27-28-38-37-13-4-6-20-42(37)54-45(38)29-33)52-49(51-47)40-19-9-15-34-35(16-8-17-36(34)40)39-18-10-22-44-46(39)41-14-5-7-21-43(41)53-44/h1-29H. The van der Waals surface area contributed by atoms with Crippen LogP contribution in [0.25, 0.3) is 111 Å². The van der Waals surface area contributed by atoms with Gasteiger partial charge in [-0.3, -0.25) is 0 Å². The van der Waals surface area contributed by atoms with Gasteiger partial charge >= 0.3 is 0 Å². The molecule has 54 heavy (non-hydrogen) atoms. The van der Waals surface area contributed by atoms with Gasteiger partial charge < -0.3 is 8.83 Å². The molecule has 0 spiro atoms. The van der Waals surface area contributed by atoms with Crippen molar-refractivity contribution < 1.29 is 8.83 Å². The number of fused-ring (bicyclic) bond motifs is 7. The molecule has 0 aliphatic heterocycles. The van der Waals surface area contributed by atoms with E-state index in [0.29, 0.717) is 17.5 Å². The molecule has 0 atom stereocenters. The molecule has 5 heteroatoms. The third-order valence-electron chi connectivity index (χ3n) is 10.4. The Morgan fingerprint density at radius 1 is 0.278 bits per heavy atom. The maximum atomic E-state index is 6.26. The Morgan fingerprint density at radius 3 is 1.57 bits per heavy atom. The molecule has 8 aromatic carbocycles. The van der Waals surface area contributed by atoms with E-state index in [1.165, 1.54) is 0 Å². The first-order valence-corrected chi connectivity index (χ1v) is 18.0. The van der Waals surface area contributed by atoms with E-state index in [0.717, 1.165) is 93.6 Å². The molecule has 0 radical (unpaired) electrons. The van der Waals surface area contributed by atoms with Gasteiger partial charge in [0.15, 0.2) is 17.5 Å². The van der Waals surface area contributed by atoms with Crippen LogP contribution in [0.15, 0.2) is 185 Å². The first-order chi connectivity index (χ1) is 26.7. The monoisotopic (exact) mass is 691 g/mol. The molecule has 0 saturated carbocycles. The van der Waals surface area contributed by atoms with Gasteiger partial charge in [-0.15, -0.1) is 0 Å². The maximum absolute atomic E-state index is 6.26. The number of nitrogens with zero attached hydrogens (tertiary/aromatic N) is 3. The predicted octanol–water partition coefficient (Wildman–Crippen LogP) is 13.2. The van der Waals surface area contributed by atoms with Crippen LogP contribution in [-0.2, 0) is 0 Å². The van der Waals surface area contributed by atoms with E-state index in [9.17, 15) is 0 Å². The molecule has 252 valence electrons. The number of hydrogen-bond acceptors (Lipinski definition) is 5. The Kier molecular flexibility index (Phi) is 6.79. The fourth-order valence-corrected chi connectivity index (χ4v) is 7.80. The van der Waals surface area contributed by atoms with Crippen molar-refractivity contribution in [2.45, 2.75) is 0 Å². The Balaban J connectivity index is 1.04. The van der Waals surface area contributed by atoms with E-state index in [4.69, 9.17) is 23.8 Å². The summed E-state index contributed by atoms with van der Waals surface area (Å²) in [5.74, 6) is 1.85. The first kappa shape index (κ1) is 30.3. The summed E-state index contributed by atoms with van der Waals surface area (Å²) in [5, 5.41) is 6.63. The maximum Gasteiger partial charge on any atom is 0.164 e. The van der Waals surface area contributed by atoms with Crippen molar-refractivity contribution in [2.75, 3.05) is 0 Å². The smallest absolute Gasteiger partial charge is 0.164 e. The third-order valence-corrected chi connectivity index (χ3v) is 10.4. The van der Waals surface area contributed by atoms with Gasteiger partial charge in [0, 0.05) is 38.2 Å². The van der Waals surface area contributed by atoms with Crippen molar-refractivity contribution in [3.63, 3.8) is 0 Å². The Hall–Kier alpha value is -7.37. The van der Waals surface area contributed by atoms with Crippen molar-refractivity contribution in [3.8, 4) is 56.4 Å². The Labute approximate surface area is 309 Å². The average Bonchev–Trinajstić information content (AvgIpc) is 3.82. The van der Waals surface area contributed by atoms with Gasteiger partial charge in [-0.05, 0) is 63.4 Å². The lowest BCUT2D eigenvalue weighted by Gasteiger charge is -2.13. The summed E-state index contributed by atoms with van der Waals surface area (Å²) in [6.45, 7) is 0. The van der Waals surface area contributed by atoms with E-state index in [-0.39, 0.29) is 0 Å². The summed E-state index contributed by atoms with van der Waals surface area (Å²) < 4.78 is 12.4. The molecule has 0 saturated heterocycles. The van der Waals surface area contributed by atoms with Gasteiger partial charge in [0.2, 0.25) is 0 Å². The lowest BCUT2D eigenvalue weighted by molar-refractivity contribution is 0.668. The van der Waals surface area contributed by atoms with Crippen LogP contribution >= 0.6 is 0 Å². The summed E-state index contributed by atoms with van der Waals surface area (Å²) in [7, 11) is 0. The summed E-state index contributed by atoms with van der Waals surface area (Å²) in [4.78, 5) is 15.3. The van der Waals surface area contributed by atoms with E-state index in [1.54, 1.807) is 0 Å². The van der Waals surface area contributed by atoms with Crippen LogP contribution in [-0.4, -0.2) is 15.0 Å². The molecule has 0 amide bonds. The molecule has 0 bridgehead atoms. The van der Waals surface area contributed by atoms with Crippen LogP contribution < -0.4 is 0 Å². The van der Waals surface area contributed by atoms with Gasteiger partial charge in [0.05, 0.1) is 0 Å². The van der Waals surface area contributed by atoms with Crippen LogP contribution in [0.1, 0.15) is 0 Å². The van der Waals surface area contributed by atoms with Crippen LogP contribution in [0.4, 0.5) is 0 Å². The van der Waals surface area contributed by atoms with E-state index < -0.39 is 0 Å².